The van der Waals surface area contributed by atoms with Gasteiger partial charge in [-0.05, 0) is 25.1 Å². The van der Waals surface area contributed by atoms with E-state index in [-0.39, 0.29) is 5.91 Å². The van der Waals surface area contributed by atoms with E-state index in [1.807, 2.05) is 23.6 Å². The number of benzene rings is 1. The largest absolute Gasteiger partial charge is 0.492 e. The molecule has 0 aromatic heterocycles. The summed E-state index contributed by atoms with van der Waals surface area (Å²) in [4.78, 5) is 14.3. The van der Waals surface area contributed by atoms with Crippen LogP contribution in [0.25, 0.3) is 0 Å². The van der Waals surface area contributed by atoms with Crippen molar-refractivity contribution in [1.82, 2.24) is 4.90 Å². The van der Waals surface area contributed by atoms with Crippen LogP contribution in [-0.2, 0) is 0 Å². The monoisotopic (exact) mass is 280 g/mol. The van der Waals surface area contributed by atoms with Crippen LogP contribution in [0.2, 0.25) is 0 Å². The molecule has 1 heterocycles. The zero-order valence-electron chi connectivity index (χ0n) is 11.4. The molecule has 2 N–H and O–H groups in total. The minimum atomic E-state index is 0.0573. The second-order valence-electron chi connectivity index (χ2n) is 4.62. The third-order valence-corrected chi connectivity index (χ3v) is 4.22. The van der Waals surface area contributed by atoms with E-state index in [0.717, 1.165) is 18.8 Å². The number of nitrogens with two attached hydrogens (primary N) is 1. The van der Waals surface area contributed by atoms with Crippen molar-refractivity contribution in [2.75, 3.05) is 31.2 Å². The Morgan fingerprint density at radius 1 is 1.58 bits per heavy atom. The number of nitrogens with zero attached hydrogens (tertiary/aromatic N) is 1. The van der Waals surface area contributed by atoms with E-state index in [1.165, 1.54) is 0 Å². The van der Waals surface area contributed by atoms with Gasteiger partial charge in [0.25, 0.3) is 5.91 Å². The van der Waals surface area contributed by atoms with Gasteiger partial charge in [0, 0.05) is 29.7 Å². The summed E-state index contributed by atoms with van der Waals surface area (Å²) in [6.07, 6.45) is 0. The summed E-state index contributed by atoms with van der Waals surface area (Å²) < 4.78 is 5.38. The van der Waals surface area contributed by atoms with Gasteiger partial charge in [-0.15, -0.1) is 0 Å². The molecule has 19 heavy (non-hydrogen) atoms. The smallest absolute Gasteiger partial charge is 0.253 e. The fourth-order valence-electron chi connectivity index (χ4n) is 2.15. The number of ether oxygens (including phenoxy) is 1. The third-order valence-electron chi connectivity index (χ3n) is 3.08. The molecule has 1 unspecified atom stereocenters. The molecule has 0 aliphatic carbocycles. The maximum atomic E-state index is 12.4. The first-order chi connectivity index (χ1) is 9.11. The van der Waals surface area contributed by atoms with E-state index in [2.05, 4.69) is 6.92 Å². The highest BCUT2D eigenvalue weighted by molar-refractivity contribution is 7.99. The molecule has 1 aromatic carbocycles. The molecule has 4 nitrogen and oxygen atoms in total. The quantitative estimate of drug-likeness (QED) is 0.863. The van der Waals surface area contributed by atoms with Crippen molar-refractivity contribution in [3.05, 3.63) is 23.8 Å². The van der Waals surface area contributed by atoms with Crippen molar-refractivity contribution in [3.63, 3.8) is 0 Å². The van der Waals surface area contributed by atoms with Crippen molar-refractivity contribution in [2.24, 2.45) is 0 Å². The summed E-state index contributed by atoms with van der Waals surface area (Å²) in [5.41, 5.74) is 7.06. The van der Waals surface area contributed by atoms with Gasteiger partial charge >= 0.3 is 0 Å². The molecule has 1 aliphatic rings. The van der Waals surface area contributed by atoms with Crippen molar-refractivity contribution >= 4 is 23.4 Å². The second-order valence-corrected chi connectivity index (χ2v) is 6.16. The molecular formula is C14H20N2O2S. The predicted molar refractivity (Wildman–Crippen MR) is 79.8 cm³/mol. The standard InChI is InChI=1S/C14H20N2O2S/c1-3-18-13-5-4-11(8-12(13)15)14(17)16-6-7-19-10(2)9-16/h4-5,8,10H,3,6-7,9,15H2,1-2H3. The van der Waals surface area contributed by atoms with E-state index < -0.39 is 0 Å². The number of thioether (sulfide) groups is 1. The molecule has 0 spiro atoms. The molecule has 1 aromatic rings. The van der Waals surface area contributed by atoms with Crippen molar-refractivity contribution in [2.45, 2.75) is 19.1 Å². The topological polar surface area (TPSA) is 55.6 Å². The zero-order chi connectivity index (χ0) is 13.8. The highest BCUT2D eigenvalue weighted by atomic mass is 32.2. The zero-order valence-corrected chi connectivity index (χ0v) is 12.2. The van der Waals surface area contributed by atoms with E-state index in [1.54, 1.807) is 18.2 Å². The summed E-state index contributed by atoms with van der Waals surface area (Å²) in [7, 11) is 0. The number of hydrogen-bond donors (Lipinski definition) is 1. The summed E-state index contributed by atoms with van der Waals surface area (Å²) in [5, 5.41) is 0.498. The number of nitrogen functional groups attached to an aromatic ring is 1. The number of carbonyl (C=O) groups excluding carboxylic acids is 1. The number of hydrogen-bond acceptors (Lipinski definition) is 4. The third kappa shape index (κ3) is 3.35. The molecular weight excluding hydrogens is 260 g/mol. The number of anilines is 1. The van der Waals surface area contributed by atoms with Crippen LogP contribution in [0.3, 0.4) is 0 Å². The minimum absolute atomic E-state index is 0.0573. The average Bonchev–Trinajstić information content (AvgIpc) is 2.40. The Bertz CT molecular complexity index is 465. The molecule has 1 aliphatic heterocycles. The van der Waals surface area contributed by atoms with Gasteiger partial charge in [-0.2, -0.15) is 11.8 Å². The maximum Gasteiger partial charge on any atom is 0.253 e. The van der Waals surface area contributed by atoms with Gasteiger partial charge in [-0.25, -0.2) is 0 Å². The van der Waals surface area contributed by atoms with Gasteiger partial charge in [0.2, 0.25) is 0 Å². The van der Waals surface area contributed by atoms with Crippen LogP contribution in [0.15, 0.2) is 18.2 Å². The lowest BCUT2D eigenvalue weighted by Crippen LogP contribution is -2.41. The predicted octanol–water partition coefficient (Wildman–Crippen LogP) is 2.25. The fraction of sp³-hybridized carbons (Fsp3) is 0.500. The van der Waals surface area contributed by atoms with E-state index in [0.29, 0.717) is 28.9 Å². The molecule has 1 atom stereocenters. The van der Waals surface area contributed by atoms with Gasteiger partial charge < -0.3 is 15.4 Å². The molecule has 1 saturated heterocycles. The normalized spacial score (nSPS) is 19.3. The Balaban J connectivity index is 2.12. The van der Waals surface area contributed by atoms with Crippen molar-refractivity contribution in [3.8, 4) is 5.75 Å². The molecule has 1 fully saturated rings. The summed E-state index contributed by atoms with van der Waals surface area (Å²) in [6, 6.07) is 5.27. The van der Waals surface area contributed by atoms with Crippen LogP contribution in [-0.4, -0.2) is 41.5 Å². The van der Waals surface area contributed by atoms with Crippen molar-refractivity contribution in [1.29, 1.82) is 0 Å². The summed E-state index contributed by atoms with van der Waals surface area (Å²) in [5.74, 6) is 1.70. The lowest BCUT2D eigenvalue weighted by molar-refractivity contribution is 0.0763. The molecule has 0 bridgehead atoms. The number of rotatable bonds is 3. The molecule has 0 saturated carbocycles. The first kappa shape index (κ1) is 14.1. The average molecular weight is 280 g/mol. The minimum Gasteiger partial charge on any atom is -0.492 e. The highest BCUT2D eigenvalue weighted by Crippen LogP contribution is 2.25. The van der Waals surface area contributed by atoms with Gasteiger partial charge in [-0.3, -0.25) is 4.79 Å². The first-order valence-corrected chi connectivity index (χ1v) is 7.60. The Morgan fingerprint density at radius 2 is 2.37 bits per heavy atom. The second kappa shape index (κ2) is 6.19. The molecule has 104 valence electrons. The van der Waals surface area contributed by atoms with Gasteiger partial charge in [0.15, 0.2) is 0 Å². The van der Waals surface area contributed by atoms with Crippen LogP contribution in [0.1, 0.15) is 24.2 Å². The molecule has 1 amide bonds. The van der Waals surface area contributed by atoms with E-state index in [9.17, 15) is 4.79 Å². The number of carbonyl (C=O) groups is 1. The Hall–Kier alpha value is -1.36. The lowest BCUT2D eigenvalue weighted by Gasteiger charge is -2.30. The van der Waals surface area contributed by atoms with E-state index in [4.69, 9.17) is 10.5 Å². The van der Waals surface area contributed by atoms with Gasteiger partial charge in [-0.1, -0.05) is 6.92 Å². The summed E-state index contributed by atoms with van der Waals surface area (Å²) in [6.45, 7) is 6.23. The molecule has 2 rings (SSSR count). The number of amides is 1. The SMILES string of the molecule is CCOc1ccc(C(=O)N2CCSC(C)C2)cc1N. The highest BCUT2D eigenvalue weighted by Gasteiger charge is 2.22. The lowest BCUT2D eigenvalue weighted by atomic mass is 10.1. The molecule has 5 heteroatoms. The van der Waals surface area contributed by atoms with Crippen LogP contribution in [0.5, 0.6) is 5.75 Å². The Labute approximate surface area is 118 Å². The fourth-order valence-corrected chi connectivity index (χ4v) is 3.17. The van der Waals surface area contributed by atoms with Crippen LogP contribution >= 0.6 is 11.8 Å². The Kier molecular flexibility index (Phi) is 4.58. The van der Waals surface area contributed by atoms with Gasteiger partial charge in [0.05, 0.1) is 12.3 Å². The van der Waals surface area contributed by atoms with Crippen molar-refractivity contribution < 1.29 is 9.53 Å². The Morgan fingerprint density at radius 3 is 3.00 bits per heavy atom. The summed E-state index contributed by atoms with van der Waals surface area (Å²) >= 11 is 1.91. The van der Waals surface area contributed by atoms with Gasteiger partial charge in [0.1, 0.15) is 5.75 Å². The van der Waals surface area contributed by atoms with Crippen LogP contribution in [0.4, 0.5) is 5.69 Å². The maximum absolute atomic E-state index is 12.4. The molecule has 0 radical (unpaired) electrons. The van der Waals surface area contributed by atoms with E-state index >= 15 is 0 Å². The first-order valence-electron chi connectivity index (χ1n) is 6.55. The van der Waals surface area contributed by atoms with Crippen LogP contribution in [0, 0.1) is 0 Å². The van der Waals surface area contributed by atoms with Crippen LogP contribution < -0.4 is 10.5 Å².